The molecular formula is C45H59N7O4S4. The first kappa shape index (κ1) is 48.4. The van der Waals surface area contributed by atoms with Gasteiger partial charge in [0.25, 0.3) is 0 Å². The highest BCUT2D eigenvalue weighted by atomic mass is 32.1. The largest absolute Gasteiger partial charge is 0.453 e. The Balaban J connectivity index is 0.00000198. The van der Waals surface area contributed by atoms with E-state index in [1.54, 1.807) is 0 Å². The van der Waals surface area contributed by atoms with E-state index in [9.17, 15) is 14.4 Å². The molecule has 4 aromatic carbocycles. The molecule has 6 aromatic rings. The lowest BCUT2D eigenvalue weighted by Gasteiger charge is -2.29. The van der Waals surface area contributed by atoms with Crippen molar-refractivity contribution in [2.24, 2.45) is 17.8 Å². The predicted molar refractivity (Wildman–Crippen MR) is 261 cm³/mol. The minimum absolute atomic E-state index is 0. The third kappa shape index (κ3) is 9.44. The Morgan fingerprint density at radius 3 is 1.50 bits per heavy atom. The average Bonchev–Trinajstić information content (AvgIpc) is 4.03. The summed E-state index contributed by atoms with van der Waals surface area (Å²) < 4.78 is 4.78. The molecule has 0 bridgehead atoms. The lowest BCUT2D eigenvalue weighted by atomic mass is 9.96. The monoisotopic (exact) mass is 889 g/mol. The predicted octanol–water partition coefficient (Wildman–Crippen LogP) is 9.38. The molecular weight excluding hydrogens is 831 g/mol. The van der Waals surface area contributed by atoms with Crippen molar-refractivity contribution in [3.05, 3.63) is 84.4 Å². The van der Waals surface area contributed by atoms with E-state index in [4.69, 9.17) is 14.7 Å². The van der Waals surface area contributed by atoms with Gasteiger partial charge in [0.05, 0.1) is 41.3 Å². The van der Waals surface area contributed by atoms with Gasteiger partial charge in [0.2, 0.25) is 11.8 Å². The summed E-state index contributed by atoms with van der Waals surface area (Å²) in [5.74, 6) is 1.91. The van der Waals surface area contributed by atoms with E-state index in [0.29, 0.717) is 12.5 Å². The number of fused-ring (bicyclic) bond motifs is 3. The number of nitrogens with zero attached hydrogens (tertiary/aromatic N) is 4. The van der Waals surface area contributed by atoms with E-state index in [2.05, 4.69) is 95.9 Å². The van der Waals surface area contributed by atoms with Crippen LogP contribution < -0.4 is 5.32 Å². The number of benzene rings is 4. The maximum Gasteiger partial charge on any atom is 0.407 e. The maximum absolute atomic E-state index is 13.6. The number of aromatic nitrogens is 4. The Labute approximate surface area is 380 Å². The fraction of sp³-hybridized carbons (Fsp3) is 0.400. The van der Waals surface area contributed by atoms with Crippen molar-refractivity contribution in [1.82, 2.24) is 35.1 Å². The fourth-order valence-electron chi connectivity index (χ4n) is 8.39. The third-order valence-electron chi connectivity index (χ3n) is 12.0. The summed E-state index contributed by atoms with van der Waals surface area (Å²) in [4.78, 5) is 59.7. The number of carbonyl (C=O) groups is 3. The Hall–Kier alpha value is -4.31. The number of rotatable bonds is 9. The summed E-state index contributed by atoms with van der Waals surface area (Å²) in [6.07, 6.45) is 2.96. The van der Waals surface area contributed by atoms with Crippen molar-refractivity contribution < 1.29 is 19.1 Å². The van der Waals surface area contributed by atoms with Gasteiger partial charge in [0.15, 0.2) is 0 Å². The number of carbonyl (C=O) groups excluding carboxylic acids is 3. The average molecular weight is 890 g/mol. The second-order valence-electron chi connectivity index (χ2n) is 16.3. The molecule has 11 nitrogen and oxygen atoms in total. The van der Waals surface area contributed by atoms with Crippen molar-refractivity contribution >= 4 is 105 Å². The molecule has 0 spiro atoms. The number of ether oxygens (including phenoxy) is 1. The summed E-state index contributed by atoms with van der Waals surface area (Å²) >= 11 is 0. The zero-order valence-electron chi connectivity index (χ0n) is 35.1. The number of imidazole rings is 2. The fourth-order valence-corrected chi connectivity index (χ4v) is 8.39. The second-order valence-corrected chi connectivity index (χ2v) is 16.3. The quantitative estimate of drug-likeness (QED) is 0.132. The zero-order chi connectivity index (χ0) is 39.2. The highest BCUT2D eigenvalue weighted by Crippen LogP contribution is 2.37. The van der Waals surface area contributed by atoms with Gasteiger partial charge in [-0.25, -0.2) is 14.8 Å². The van der Waals surface area contributed by atoms with Gasteiger partial charge in [-0.1, -0.05) is 71.0 Å². The highest BCUT2D eigenvalue weighted by Gasteiger charge is 2.38. The maximum atomic E-state index is 13.6. The lowest BCUT2D eigenvalue weighted by molar-refractivity contribution is -0.137. The first-order valence-corrected chi connectivity index (χ1v) is 20.0. The summed E-state index contributed by atoms with van der Waals surface area (Å²) in [6.45, 7) is 11.5. The van der Waals surface area contributed by atoms with Crippen LogP contribution in [0.4, 0.5) is 4.79 Å². The summed E-state index contributed by atoms with van der Waals surface area (Å²) in [7, 11) is 1.30. The van der Waals surface area contributed by atoms with Gasteiger partial charge in [-0.2, -0.15) is 54.0 Å². The van der Waals surface area contributed by atoms with Crippen LogP contribution in [0.1, 0.15) is 84.0 Å². The van der Waals surface area contributed by atoms with E-state index in [1.165, 1.54) is 7.11 Å². The molecule has 322 valence electrons. The van der Waals surface area contributed by atoms with Gasteiger partial charge in [-0.3, -0.25) is 9.59 Å². The first-order valence-electron chi connectivity index (χ1n) is 20.0. The molecule has 3 N–H and O–H groups in total. The van der Waals surface area contributed by atoms with Gasteiger partial charge in [-0.15, -0.1) is 0 Å². The summed E-state index contributed by atoms with van der Waals surface area (Å²) in [6, 6.07) is 24.8. The second kappa shape index (κ2) is 20.0. The van der Waals surface area contributed by atoms with Gasteiger partial charge < -0.3 is 29.8 Å². The molecule has 2 fully saturated rings. The number of H-pyrrole nitrogens is 2. The Kier molecular flexibility index (Phi) is 16.2. The zero-order valence-corrected chi connectivity index (χ0v) is 39.1. The molecule has 0 unspecified atom stereocenters. The van der Waals surface area contributed by atoms with Gasteiger partial charge >= 0.3 is 6.09 Å². The van der Waals surface area contributed by atoms with Crippen LogP contribution in [0, 0.1) is 17.8 Å². The van der Waals surface area contributed by atoms with Gasteiger partial charge in [-0.05, 0) is 107 Å². The summed E-state index contributed by atoms with van der Waals surface area (Å²) in [5.41, 5.74) is 8.04. The topological polar surface area (TPSA) is 136 Å². The van der Waals surface area contributed by atoms with Crippen LogP contribution in [0.2, 0.25) is 0 Å². The van der Waals surface area contributed by atoms with Crippen LogP contribution in [0.15, 0.2) is 72.8 Å². The van der Waals surface area contributed by atoms with Gasteiger partial charge in [0, 0.05) is 19.0 Å². The van der Waals surface area contributed by atoms with E-state index < -0.39 is 12.1 Å². The molecule has 8 rings (SSSR count). The number of hydrogen-bond acceptors (Lipinski definition) is 6. The molecule has 2 saturated heterocycles. The highest BCUT2D eigenvalue weighted by molar-refractivity contribution is 7.59. The minimum Gasteiger partial charge on any atom is -0.453 e. The Morgan fingerprint density at radius 1 is 0.633 bits per heavy atom. The minimum atomic E-state index is -0.679. The van der Waals surface area contributed by atoms with E-state index in [1.807, 2.05) is 36.6 Å². The lowest BCUT2D eigenvalue weighted by Crippen LogP contribution is -2.51. The first-order chi connectivity index (χ1) is 27.0. The number of methoxy groups -OCH3 is 1. The van der Waals surface area contributed by atoms with E-state index in [0.717, 1.165) is 99.0 Å². The van der Waals surface area contributed by atoms with E-state index in [-0.39, 0.29) is 89.7 Å². The SMILES string of the molecule is COC(=O)N[C@H](C(=O)N1CCC[C@H]1c1nc2ccc(-c3ccc4cc(-c5ccc6nc([C@@H]7CCCN7C(=O)[C@@H](C)C(C)C)[nH]c6c5)ccc4c3)cc2[nH]1)C(C)C.S.S.S.S. The molecule has 2 aromatic heterocycles. The van der Waals surface area contributed by atoms with Crippen LogP contribution in [0.3, 0.4) is 0 Å². The molecule has 4 heterocycles. The van der Waals surface area contributed by atoms with Gasteiger partial charge in [0.1, 0.15) is 17.7 Å². The molecule has 2 aliphatic rings. The molecule has 60 heavy (non-hydrogen) atoms. The molecule has 4 atom stereocenters. The smallest absolute Gasteiger partial charge is 0.407 e. The van der Waals surface area contributed by atoms with Crippen LogP contribution in [-0.4, -0.2) is 73.9 Å². The van der Waals surface area contributed by atoms with Crippen molar-refractivity contribution in [1.29, 1.82) is 0 Å². The standard InChI is InChI=1S/C45H51N7O4.4H2S/c1-25(2)27(5)43(53)51-19-7-9-38(51)41-46-34-17-15-32(23-36(34)48-41)30-13-11-29-22-31(14-12-28(29)21-30)33-16-18-35-37(24-33)49-42(47-35)39-10-8-20-52(39)44(54)40(26(3)4)50-45(55)56-6;;;;/h11-18,21-27,38-40H,7-10,19-20H2,1-6H3,(H,46,48)(H,47,49)(H,50,55);4*1H2/t27-,38-,39-,40-;;;;/m0..../s1. The number of aromatic amines is 2. The number of hydrogen-bond donors (Lipinski definition) is 3. The number of nitrogens with one attached hydrogen (secondary N) is 3. The van der Waals surface area contributed by atoms with Crippen molar-refractivity contribution in [2.75, 3.05) is 20.2 Å². The third-order valence-corrected chi connectivity index (χ3v) is 12.0. The number of amides is 3. The molecule has 3 amide bonds. The van der Waals surface area contributed by atoms with Crippen LogP contribution in [0.25, 0.3) is 55.1 Å². The molecule has 0 saturated carbocycles. The van der Waals surface area contributed by atoms with Crippen molar-refractivity contribution in [2.45, 2.75) is 78.4 Å². The van der Waals surface area contributed by atoms with Crippen LogP contribution in [0.5, 0.6) is 0 Å². The molecule has 2 aliphatic heterocycles. The summed E-state index contributed by atoms with van der Waals surface area (Å²) in [5, 5.41) is 5.01. The van der Waals surface area contributed by atoms with E-state index >= 15 is 0 Å². The molecule has 0 radical (unpaired) electrons. The Bertz CT molecular complexity index is 2470. The Morgan fingerprint density at radius 2 is 1.07 bits per heavy atom. The van der Waals surface area contributed by atoms with Crippen LogP contribution >= 0.6 is 54.0 Å². The van der Waals surface area contributed by atoms with Crippen molar-refractivity contribution in [3.8, 4) is 22.3 Å². The normalized spacial score (nSPS) is 17.2. The van der Waals surface area contributed by atoms with Crippen LogP contribution in [-0.2, 0) is 14.3 Å². The number of likely N-dealkylation sites (tertiary alicyclic amines) is 2. The van der Waals surface area contributed by atoms with Crippen molar-refractivity contribution in [3.63, 3.8) is 0 Å². The number of alkyl carbamates (subject to hydrolysis) is 1. The molecule has 15 heteroatoms. The molecule has 0 aliphatic carbocycles.